The van der Waals surface area contributed by atoms with Crippen LogP contribution in [0.25, 0.3) is 77.9 Å². The quantitative estimate of drug-likeness (QED) is 0.121. The highest BCUT2D eigenvalue weighted by molar-refractivity contribution is 5.91. The molecular weight excluding hydrogens is 817 g/mol. The summed E-state index contributed by atoms with van der Waals surface area (Å²) in [5.74, 6) is 0. The summed E-state index contributed by atoms with van der Waals surface area (Å²) < 4.78 is 0. The first kappa shape index (κ1) is 43.1. The Hall–Kier alpha value is -6.24. The Balaban J connectivity index is 0.903. The second-order valence-electron chi connectivity index (χ2n) is 20.8. The summed E-state index contributed by atoms with van der Waals surface area (Å²) in [5.41, 5.74) is 31.3. The molecule has 0 amide bonds. The van der Waals surface area contributed by atoms with Gasteiger partial charge in [0.1, 0.15) is 0 Å². The summed E-state index contributed by atoms with van der Waals surface area (Å²) in [6.07, 6.45) is 8.69. The molecular formula is C68H66. The highest BCUT2D eigenvalue weighted by Crippen LogP contribution is 2.59. The number of hydrogen-bond donors (Lipinski definition) is 0. The predicted octanol–water partition coefficient (Wildman–Crippen LogP) is 19.0. The van der Waals surface area contributed by atoms with Crippen molar-refractivity contribution in [3.05, 3.63) is 202 Å². The summed E-state index contributed by atoms with van der Waals surface area (Å²) in [6.45, 7) is 19.1. The molecule has 0 N–H and O–H groups in total. The van der Waals surface area contributed by atoms with Gasteiger partial charge in [0.05, 0.1) is 0 Å². The van der Waals surface area contributed by atoms with Crippen LogP contribution in [0.15, 0.2) is 158 Å². The van der Waals surface area contributed by atoms with Crippen LogP contribution < -0.4 is 0 Å². The van der Waals surface area contributed by atoms with Crippen molar-refractivity contribution in [1.29, 1.82) is 0 Å². The molecule has 0 saturated carbocycles. The van der Waals surface area contributed by atoms with Crippen molar-refractivity contribution >= 4 is 0 Å². The number of benzene rings is 8. The van der Waals surface area contributed by atoms with E-state index in [4.69, 9.17) is 0 Å². The van der Waals surface area contributed by atoms with Crippen molar-refractivity contribution in [1.82, 2.24) is 0 Å². The molecule has 8 aromatic carbocycles. The van der Waals surface area contributed by atoms with E-state index in [0.717, 1.165) is 51.4 Å². The van der Waals surface area contributed by atoms with E-state index in [2.05, 4.69) is 213 Å². The number of fused-ring (bicyclic) bond motifs is 12. The van der Waals surface area contributed by atoms with E-state index in [1.54, 1.807) is 0 Å². The van der Waals surface area contributed by atoms with E-state index in [1.165, 1.54) is 122 Å². The summed E-state index contributed by atoms with van der Waals surface area (Å²) >= 11 is 0. The maximum absolute atomic E-state index is 2.58. The van der Waals surface area contributed by atoms with Gasteiger partial charge < -0.3 is 0 Å². The largest absolute Gasteiger partial charge is 0.0642 e. The van der Waals surface area contributed by atoms with E-state index >= 15 is 0 Å². The molecule has 0 nitrogen and oxygen atoms in total. The van der Waals surface area contributed by atoms with E-state index in [9.17, 15) is 0 Å². The predicted molar refractivity (Wildman–Crippen MR) is 290 cm³/mol. The van der Waals surface area contributed by atoms with E-state index in [0.29, 0.717) is 0 Å². The first-order valence-electron chi connectivity index (χ1n) is 26.3. The fourth-order valence-electron chi connectivity index (χ4n) is 15.0. The molecule has 0 aromatic heterocycles. The lowest BCUT2D eigenvalue weighted by Gasteiger charge is -2.31. The Morgan fingerprint density at radius 1 is 0.206 bits per heavy atom. The average molecular weight is 883 g/mol. The zero-order valence-electron chi connectivity index (χ0n) is 41.7. The van der Waals surface area contributed by atoms with Crippen molar-refractivity contribution in [2.24, 2.45) is 0 Å². The summed E-state index contributed by atoms with van der Waals surface area (Å²) in [5, 5.41) is 0. The summed E-state index contributed by atoms with van der Waals surface area (Å²) in [6, 6.07) is 62.6. The van der Waals surface area contributed by atoms with Gasteiger partial charge in [0, 0.05) is 21.7 Å². The van der Waals surface area contributed by atoms with Crippen LogP contribution in [0, 0.1) is 0 Å². The molecule has 12 rings (SSSR count). The minimum Gasteiger partial charge on any atom is -0.0642 e. The van der Waals surface area contributed by atoms with Gasteiger partial charge in [-0.1, -0.05) is 177 Å². The normalized spacial score (nSPS) is 16.3. The van der Waals surface area contributed by atoms with E-state index < -0.39 is 0 Å². The molecule has 0 saturated heterocycles. The first-order chi connectivity index (χ1) is 33.2. The minimum absolute atomic E-state index is 0.0472. The van der Waals surface area contributed by atoms with Crippen molar-refractivity contribution in [3.8, 4) is 77.9 Å². The van der Waals surface area contributed by atoms with Gasteiger partial charge in [0.15, 0.2) is 0 Å². The first-order valence-corrected chi connectivity index (χ1v) is 26.3. The van der Waals surface area contributed by atoms with Gasteiger partial charge in [-0.2, -0.15) is 0 Å². The zero-order valence-corrected chi connectivity index (χ0v) is 41.7. The third-order valence-corrected chi connectivity index (χ3v) is 19.1. The smallest absolute Gasteiger partial charge is 0.0210 e. The molecule has 0 bridgehead atoms. The Labute approximate surface area is 406 Å². The molecule has 0 atom stereocenters. The zero-order chi connectivity index (χ0) is 46.7. The average Bonchev–Trinajstić information content (AvgIpc) is 4.06. The standard InChI is InChI=1S/C68H66/c1-9-65(10-2)57-23-19-17-21-49(57)51-31-25-43(37-59(51)65)45-27-33-53-55-35-29-47(41-63(55)67(13-5,14-6)61(53)39-45)48-30-36-56-54-34-28-46(40-62(54)68(15-7,16-8)64(56)42-48)44-26-32-52-50-22-18-20-24-58(50)66(11-3,12-4)60(52)38-44/h17-42H,9-16H2,1-8H3. The molecule has 0 fully saturated rings. The van der Waals surface area contributed by atoms with Crippen molar-refractivity contribution < 1.29 is 0 Å². The highest BCUT2D eigenvalue weighted by Gasteiger charge is 2.45. The van der Waals surface area contributed by atoms with Gasteiger partial charge in [-0.05, 0) is 210 Å². The van der Waals surface area contributed by atoms with Crippen molar-refractivity contribution in [3.63, 3.8) is 0 Å². The van der Waals surface area contributed by atoms with Crippen LogP contribution in [0.3, 0.4) is 0 Å². The topological polar surface area (TPSA) is 0 Å². The molecule has 0 heteroatoms. The van der Waals surface area contributed by atoms with Gasteiger partial charge in [-0.15, -0.1) is 0 Å². The van der Waals surface area contributed by atoms with E-state index in [-0.39, 0.29) is 21.7 Å². The van der Waals surface area contributed by atoms with Gasteiger partial charge in [0.2, 0.25) is 0 Å². The summed E-state index contributed by atoms with van der Waals surface area (Å²) in [4.78, 5) is 0. The monoisotopic (exact) mass is 883 g/mol. The highest BCUT2D eigenvalue weighted by atomic mass is 14.5. The molecule has 0 radical (unpaired) electrons. The molecule has 338 valence electrons. The molecule has 4 aliphatic rings. The Bertz CT molecular complexity index is 3110. The van der Waals surface area contributed by atoms with Gasteiger partial charge in [-0.25, -0.2) is 0 Å². The Morgan fingerprint density at radius 3 is 0.588 bits per heavy atom. The fraction of sp³-hybridized carbons (Fsp3) is 0.294. The van der Waals surface area contributed by atoms with Gasteiger partial charge in [0.25, 0.3) is 0 Å². The SMILES string of the molecule is CCC1(CC)c2ccccc2-c2ccc(-c3ccc4c(c3)C(CC)(CC)c3cc(-c5ccc6c(c5)C(CC)(CC)c5cc(-c7ccc8c(c7)C(CC)(CC)c7ccccc7-8)ccc5-6)ccc3-4)cc21. The second kappa shape index (κ2) is 15.6. The maximum Gasteiger partial charge on any atom is 0.0210 e. The molecule has 68 heavy (non-hydrogen) atoms. The van der Waals surface area contributed by atoms with Crippen LogP contribution >= 0.6 is 0 Å². The summed E-state index contributed by atoms with van der Waals surface area (Å²) in [7, 11) is 0. The lowest BCUT2D eigenvalue weighted by atomic mass is 9.72. The van der Waals surface area contributed by atoms with Crippen LogP contribution in [-0.2, 0) is 21.7 Å². The van der Waals surface area contributed by atoms with Crippen LogP contribution in [-0.4, -0.2) is 0 Å². The van der Waals surface area contributed by atoms with Crippen LogP contribution in [0.4, 0.5) is 0 Å². The number of hydrogen-bond acceptors (Lipinski definition) is 0. The van der Waals surface area contributed by atoms with Crippen molar-refractivity contribution in [2.75, 3.05) is 0 Å². The van der Waals surface area contributed by atoms with Gasteiger partial charge >= 0.3 is 0 Å². The molecule has 0 unspecified atom stereocenters. The maximum atomic E-state index is 2.58. The number of rotatable bonds is 11. The van der Waals surface area contributed by atoms with Crippen LogP contribution in [0.5, 0.6) is 0 Å². The molecule has 4 aliphatic carbocycles. The van der Waals surface area contributed by atoms with Crippen LogP contribution in [0.2, 0.25) is 0 Å². The van der Waals surface area contributed by atoms with Crippen LogP contribution in [0.1, 0.15) is 151 Å². The molecule has 0 aliphatic heterocycles. The van der Waals surface area contributed by atoms with E-state index in [1.807, 2.05) is 0 Å². The Morgan fingerprint density at radius 2 is 0.382 bits per heavy atom. The second-order valence-corrected chi connectivity index (χ2v) is 20.8. The lowest BCUT2D eigenvalue weighted by Crippen LogP contribution is -2.23. The molecule has 8 aromatic rings. The third kappa shape index (κ3) is 5.50. The fourth-order valence-corrected chi connectivity index (χ4v) is 15.0. The third-order valence-electron chi connectivity index (χ3n) is 19.1. The lowest BCUT2D eigenvalue weighted by molar-refractivity contribution is 0.490. The van der Waals surface area contributed by atoms with Crippen molar-refractivity contribution in [2.45, 2.75) is 128 Å². The van der Waals surface area contributed by atoms with Gasteiger partial charge in [-0.3, -0.25) is 0 Å². The molecule has 0 heterocycles. The molecule has 0 spiro atoms. The Kier molecular flexibility index (Phi) is 9.91. The minimum atomic E-state index is -0.0472.